The van der Waals surface area contributed by atoms with Gasteiger partial charge in [0.2, 0.25) is 10.0 Å². The molecular weight excluding hydrogens is 244 g/mol. The monoisotopic (exact) mass is 262 g/mol. The van der Waals surface area contributed by atoms with Gasteiger partial charge in [0.05, 0.1) is 0 Å². The molecule has 4 N–H and O–H groups in total. The fraction of sp³-hybridized carbons (Fsp3) is 0.667. The molecule has 1 aromatic rings. The Hall–Kier alpha value is -1.12. The first-order valence-corrected chi connectivity index (χ1v) is 6.74. The number of aliphatic hydroxyl groups is 1. The first-order chi connectivity index (χ1) is 7.86. The Bertz CT molecular complexity index is 469. The van der Waals surface area contributed by atoms with E-state index in [1.807, 2.05) is 6.92 Å². The summed E-state index contributed by atoms with van der Waals surface area (Å²) < 4.78 is 27.5. The number of hydrogen-bond acceptors (Lipinski definition) is 5. The Morgan fingerprint density at radius 1 is 1.65 bits per heavy atom. The van der Waals surface area contributed by atoms with Crippen molar-refractivity contribution in [2.75, 3.05) is 18.9 Å². The van der Waals surface area contributed by atoms with E-state index < -0.39 is 10.0 Å². The second kappa shape index (κ2) is 5.48. The zero-order chi connectivity index (χ0) is 13.1. The van der Waals surface area contributed by atoms with Crippen molar-refractivity contribution in [3.8, 4) is 0 Å². The number of aryl methyl sites for hydroxylation is 1. The second-order valence-electron chi connectivity index (χ2n) is 4.02. The number of aromatic nitrogens is 2. The Morgan fingerprint density at radius 2 is 2.29 bits per heavy atom. The lowest BCUT2D eigenvalue weighted by atomic mass is 10.1. The van der Waals surface area contributed by atoms with Crippen molar-refractivity contribution in [3.63, 3.8) is 0 Å². The van der Waals surface area contributed by atoms with Gasteiger partial charge in [0.15, 0.2) is 5.82 Å². The normalized spacial score (nSPS) is 13.8. The van der Waals surface area contributed by atoms with Crippen molar-refractivity contribution >= 4 is 15.8 Å². The minimum absolute atomic E-state index is 0.0174. The smallest absolute Gasteiger partial charge is 0.245 e. The summed E-state index contributed by atoms with van der Waals surface area (Å²) in [6.07, 6.45) is 1.90. The molecule has 0 aliphatic rings. The molecule has 0 spiro atoms. The summed E-state index contributed by atoms with van der Waals surface area (Å²) in [6.45, 7) is 2.15. The minimum Gasteiger partial charge on any atom is -0.396 e. The largest absolute Gasteiger partial charge is 0.396 e. The van der Waals surface area contributed by atoms with Crippen molar-refractivity contribution in [1.29, 1.82) is 0 Å². The molecular formula is C9H18N4O3S. The summed E-state index contributed by atoms with van der Waals surface area (Å²) in [5, 5.41) is 12.5. The number of anilines is 1. The number of nitrogen functional groups attached to an aromatic ring is 1. The van der Waals surface area contributed by atoms with Gasteiger partial charge in [-0.25, -0.2) is 13.1 Å². The Morgan fingerprint density at radius 3 is 2.76 bits per heavy atom. The average Bonchev–Trinajstić information content (AvgIpc) is 2.56. The van der Waals surface area contributed by atoms with Crippen LogP contribution in [0, 0.1) is 5.92 Å². The molecule has 1 heterocycles. The van der Waals surface area contributed by atoms with Crippen molar-refractivity contribution in [2.45, 2.75) is 18.2 Å². The van der Waals surface area contributed by atoms with E-state index in [1.165, 1.54) is 10.9 Å². The number of nitrogens with zero attached hydrogens (tertiary/aromatic N) is 2. The summed E-state index contributed by atoms with van der Waals surface area (Å²) in [4.78, 5) is -0.0174. The van der Waals surface area contributed by atoms with Gasteiger partial charge in [0, 0.05) is 26.4 Å². The Balaban J connectivity index is 2.73. The number of aliphatic hydroxyl groups excluding tert-OH is 1. The molecule has 98 valence electrons. The maximum Gasteiger partial charge on any atom is 0.245 e. The first-order valence-electron chi connectivity index (χ1n) is 5.26. The molecule has 8 heteroatoms. The zero-order valence-corrected chi connectivity index (χ0v) is 10.7. The molecule has 0 aliphatic heterocycles. The summed E-state index contributed by atoms with van der Waals surface area (Å²) in [7, 11) is -2.02. The SMILES string of the molecule is CC(CCO)CNS(=O)(=O)c1cn(C)nc1N. The molecule has 0 bridgehead atoms. The van der Waals surface area contributed by atoms with Gasteiger partial charge in [0.25, 0.3) is 0 Å². The molecule has 0 saturated heterocycles. The van der Waals surface area contributed by atoms with Crippen LogP contribution in [0.5, 0.6) is 0 Å². The molecule has 0 aliphatic carbocycles. The number of nitrogens with one attached hydrogen (secondary N) is 1. The van der Waals surface area contributed by atoms with E-state index in [-0.39, 0.29) is 29.8 Å². The molecule has 0 radical (unpaired) electrons. The van der Waals surface area contributed by atoms with Crippen LogP contribution in [0.25, 0.3) is 0 Å². The topological polar surface area (TPSA) is 110 Å². The summed E-state index contributed by atoms with van der Waals surface area (Å²) in [5.41, 5.74) is 5.50. The number of sulfonamides is 1. The number of hydrogen-bond donors (Lipinski definition) is 3. The minimum atomic E-state index is -3.62. The van der Waals surface area contributed by atoms with Crippen LogP contribution in [0.2, 0.25) is 0 Å². The molecule has 1 unspecified atom stereocenters. The molecule has 0 saturated carbocycles. The van der Waals surface area contributed by atoms with E-state index in [0.717, 1.165) is 0 Å². The third-order valence-electron chi connectivity index (χ3n) is 2.36. The highest BCUT2D eigenvalue weighted by Crippen LogP contribution is 2.15. The third-order valence-corrected chi connectivity index (χ3v) is 3.80. The summed E-state index contributed by atoms with van der Waals surface area (Å²) in [5.74, 6) is 0.0440. The van der Waals surface area contributed by atoms with Gasteiger partial charge in [-0.2, -0.15) is 5.10 Å². The van der Waals surface area contributed by atoms with Crippen LogP contribution in [0.1, 0.15) is 13.3 Å². The van der Waals surface area contributed by atoms with Crippen molar-refractivity contribution in [1.82, 2.24) is 14.5 Å². The predicted octanol–water partition coefficient (Wildman–Crippen LogP) is -0.701. The van der Waals surface area contributed by atoms with E-state index >= 15 is 0 Å². The summed E-state index contributed by atoms with van der Waals surface area (Å²) in [6, 6.07) is 0. The van der Waals surface area contributed by atoms with Crippen molar-refractivity contribution in [2.24, 2.45) is 13.0 Å². The highest BCUT2D eigenvalue weighted by atomic mass is 32.2. The quantitative estimate of drug-likeness (QED) is 0.628. The van der Waals surface area contributed by atoms with Crippen LogP contribution in [0.3, 0.4) is 0 Å². The zero-order valence-electron chi connectivity index (χ0n) is 9.92. The van der Waals surface area contributed by atoms with Gasteiger partial charge in [-0.1, -0.05) is 6.92 Å². The molecule has 0 amide bonds. The van der Waals surface area contributed by atoms with Crippen LogP contribution in [0.15, 0.2) is 11.1 Å². The van der Waals surface area contributed by atoms with Crippen molar-refractivity contribution < 1.29 is 13.5 Å². The average molecular weight is 262 g/mol. The van der Waals surface area contributed by atoms with Gasteiger partial charge >= 0.3 is 0 Å². The standard InChI is InChI=1S/C9H18N4O3S/c1-7(3-4-14)5-11-17(15,16)8-6-13(2)12-9(8)10/h6-7,11,14H,3-5H2,1-2H3,(H2,10,12). The highest BCUT2D eigenvalue weighted by molar-refractivity contribution is 7.89. The van der Waals surface area contributed by atoms with Crippen molar-refractivity contribution in [3.05, 3.63) is 6.20 Å². The maximum atomic E-state index is 11.9. The lowest BCUT2D eigenvalue weighted by Crippen LogP contribution is -2.29. The van der Waals surface area contributed by atoms with E-state index in [1.54, 1.807) is 7.05 Å². The van der Waals surface area contributed by atoms with Crippen LogP contribution in [-0.2, 0) is 17.1 Å². The molecule has 1 atom stereocenters. The predicted molar refractivity (Wildman–Crippen MR) is 63.7 cm³/mol. The molecule has 1 aromatic heterocycles. The van der Waals surface area contributed by atoms with Crippen LogP contribution >= 0.6 is 0 Å². The Labute approximate surface area is 101 Å². The van der Waals surface area contributed by atoms with Gasteiger partial charge in [-0.05, 0) is 12.3 Å². The molecule has 0 fully saturated rings. The highest BCUT2D eigenvalue weighted by Gasteiger charge is 2.20. The second-order valence-corrected chi connectivity index (χ2v) is 5.76. The van der Waals surface area contributed by atoms with Gasteiger partial charge in [-0.15, -0.1) is 0 Å². The fourth-order valence-corrected chi connectivity index (χ4v) is 2.61. The van der Waals surface area contributed by atoms with Gasteiger partial charge in [0.1, 0.15) is 4.90 Å². The van der Waals surface area contributed by atoms with E-state index in [4.69, 9.17) is 10.8 Å². The third kappa shape index (κ3) is 3.69. The molecule has 17 heavy (non-hydrogen) atoms. The van der Waals surface area contributed by atoms with E-state index in [9.17, 15) is 8.42 Å². The van der Waals surface area contributed by atoms with Crippen LogP contribution in [0.4, 0.5) is 5.82 Å². The lowest BCUT2D eigenvalue weighted by molar-refractivity contribution is 0.263. The molecule has 7 nitrogen and oxygen atoms in total. The van der Waals surface area contributed by atoms with Gasteiger partial charge in [-0.3, -0.25) is 4.68 Å². The number of rotatable bonds is 6. The van der Waals surface area contributed by atoms with Crippen LogP contribution < -0.4 is 10.5 Å². The van der Waals surface area contributed by atoms with E-state index in [0.29, 0.717) is 6.42 Å². The lowest BCUT2D eigenvalue weighted by Gasteiger charge is -2.10. The fourth-order valence-electron chi connectivity index (χ4n) is 1.34. The first kappa shape index (κ1) is 13.9. The molecule has 0 aromatic carbocycles. The van der Waals surface area contributed by atoms with Crippen LogP contribution in [-0.4, -0.2) is 36.5 Å². The van der Waals surface area contributed by atoms with E-state index in [2.05, 4.69) is 9.82 Å². The molecule has 1 rings (SSSR count). The van der Waals surface area contributed by atoms with Gasteiger partial charge < -0.3 is 10.8 Å². The summed E-state index contributed by atoms with van der Waals surface area (Å²) >= 11 is 0. The number of nitrogens with two attached hydrogens (primary N) is 1. The maximum absolute atomic E-state index is 11.9. The Kier molecular flexibility index (Phi) is 4.49.